The Morgan fingerprint density at radius 1 is 0.778 bits per heavy atom. The summed E-state index contributed by atoms with van der Waals surface area (Å²) in [6, 6.07) is 33.2. The number of amides is 2. The van der Waals surface area contributed by atoms with Gasteiger partial charge in [-0.25, -0.2) is 9.97 Å². The molecular formula is C43H47N5O5S. The molecule has 11 heteroatoms. The lowest BCUT2D eigenvalue weighted by molar-refractivity contribution is -0.245. The number of nitrogens with zero attached hydrogens (tertiary/aromatic N) is 2. The minimum absolute atomic E-state index is 0.00726. The minimum atomic E-state index is -0.571. The van der Waals surface area contributed by atoms with Crippen LogP contribution in [0.2, 0.25) is 0 Å². The van der Waals surface area contributed by atoms with Crippen LogP contribution in [-0.4, -0.2) is 38.7 Å². The van der Waals surface area contributed by atoms with Gasteiger partial charge >= 0.3 is 0 Å². The molecule has 0 aliphatic carbocycles. The number of aliphatic hydroxyl groups excluding tert-OH is 1. The highest BCUT2D eigenvalue weighted by Crippen LogP contribution is 2.40. The number of unbranched alkanes of at least 4 members (excludes halogenated alkanes) is 3. The Balaban J connectivity index is 1.00. The molecular weight excluding hydrogens is 699 g/mol. The van der Waals surface area contributed by atoms with Gasteiger partial charge in [0.15, 0.2) is 11.4 Å². The third-order valence-corrected chi connectivity index (χ3v) is 10.3. The first-order valence-corrected chi connectivity index (χ1v) is 19.4. The number of para-hydroxylation sites is 2. The van der Waals surface area contributed by atoms with Crippen molar-refractivity contribution in [2.45, 2.75) is 81.8 Å². The first-order valence-electron chi connectivity index (χ1n) is 18.4. The van der Waals surface area contributed by atoms with E-state index in [9.17, 15) is 14.7 Å². The summed E-state index contributed by atoms with van der Waals surface area (Å²) in [5, 5.41) is 16.2. The highest BCUT2D eigenvalue weighted by atomic mass is 32.2. The topological polar surface area (TPSA) is 149 Å². The molecule has 6 rings (SSSR count). The third kappa shape index (κ3) is 11.2. The number of aliphatic hydroxyl groups is 1. The molecule has 1 aromatic heterocycles. The van der Waals surface area contributed by atoms with E-state index in [4.69, 9.17) is 15.2 Å². The highest BCUT2D eigenvalue weighted by molar-refractivity contribution is 7.99. The smallest absolute Gasteiger partial charge is 0.224 e. The fourth-order valence-corrected chi connectivity index (χ4v) is 7.18. The fourth-order valence-electron chi connectivity index (χ4n) is 6.36. The Kier molecular flexibility index (Phi) is 14.2. The molecule has 54 heavy (non-hydrogen) atoms. The molecule has 280 valence electrons. The summed E-state index contributed by atoms with van der Waals surface area (Å²) < 4.78 is 13.1. The number of carbonyl (C=O) groups is 2. The fraction of sp³-hybridized carbons (Fsp3) is 0.302. The van der Waals surface area contributed by atoms with E-state index in [1.54, 1.807) is 42.4 Å². The molecule has 0 spiro atoms. The van der Waals surface area contributed by atoms with Crippen LogP contribution in [0.1, 0.15) is 79.6 Å². The van der Waals surface area contributed by atoms with Gasteiger partial charge in [0.2, 0.25) is 11.8 Å². The Labute approximate surface area is 320 Å². The van der Waals surface area contributed by atoms with Crippen LogP contribution in [0.15, 0.2) is 121 Å². The number of hydrogen-bond donors (Lipinski definition) is 4. The molecule has 0 bridgehead atoms. The maximum atomic E-state index is 12.7. The maximum Gasteiger partial charge on any atom is 0.224 e. The van der Waals surface area contributed by atoms with Crippen molar-refractivity contribution in [2.75, 3.05) is 16.8 Å². The standard InChI is InChI=1S/C43H47N5O5S/c44-37-12-7-8-13-38(37)48-41(51)15-4-2-1-3-14-40(50)47-27-34-10-5-6-11-36(34)31-20-22-33(23-21-31)42-52-35(29-54-43-45-24-9-25-46-43)26-39(53-42)32-18-16-30(28-49)17-19-32/h5-13,16-25,35,39,42,49H,1-4,14-15,26-29,44H2,(H,47,50)(H,48,51). The second-order valence-electron chi connectivity index (χ2n) is 13.3. The highest BCUT2D eigenvalue weighted by Gasteiger charge is 2.32. The molecule has 1 fully saturated rings. The van der Waals surface area contributed by atoms with E-state index in [1.165, 1.54) is 0 Å². The molecule has 3 atom stereocenters. The van der Waals surface area contributed by atoms with Crippen LogP contribution in [0, 0.1) is 0 Å². The van der Waals surface area contributed by atoms with E-state index >= 15 is 0 Å². The predicted octanol–water partition coefficient (Wildman–Crippen LogP) is 8.15. The van der Waals surface area contributed by atoms with E-state index in [0.29, 0.717) is 48.1 Å². The summed E-state index contributed by atoms with van der Waals surface area (Å²) in [6.45, 7) is 0.419. The molecule has 0 radical (unpaired) electrons. The number of rotatable bonds is 17. The molecule has 1 aliphatic heterocycles. The predicted molar refractivity (Wildman–Crippen MR) is 212 cm³/mol. The van der Waals surface area contributed by atoms with Crippen LogP contribution in [0.5, 0.6) is 0 Å². The second kappa shape index (κ2) is 19.8. The normalized spacial score (nSPS) is 16.8. The number of aromatic nitrogens is 2. The molecule has 0 saturated carbocycles. The monoisotopic (exact) mass is 745 g/mol. The van der Waals surface area contributed by atoms with Gasteiger partial charge in [0.1, 0.15) is 0 Å². The van der Waals surface area contributed by atoms with Crippen LogP contribution in [-0.2, 0) is 32.2 Å². The van der Waals surface area contributed by atoms with Crippen molar-refractivity contribution >= 4 is 35.0 Å². The number of nitrogens with one attached hydrogen (secondary N) is 2. The van der Waals surface area contributed by atoms with Gasteiger partial charge in [-0.05, 0) is 58.9 Å². The summed E-state index contributed by atoms with van der Waals surface area (Å²) in [4.78, 5) is 33.7. The molecule has 2 heterocycles. The zero-order chi connectivity index (χ0) is 37.5. The summed E-state index contributed by atoms with van der Waals surface area (Å²) in [6.07, 6.45) is 7.43. The van der Waals surface area contributed by atoms with E-state index in [-0.39, 0.29) is 30.6 Å². The SMILES string of the molecule is Nc1ccccc1NC(=O)CCCCCCC(=O)NCc1ccccc1-c1ccc(C2OC(CSc3ncccn3)CC(c3ccc(CO)cc3)O2)cc1. The lowest BCUT2D eigenvalue weighted by Crippen LogP contribution is -2.31. The number of hydrogen-bond acceptors (Lipinski definition) is 9. The van der Waals surface area contributed by atoms with Crippen LogP contribution in [0.25, 0.3) is 11.1 Å². The van der Waals surface area contributed by atoms with Gasteiger partial charge in [-0.1, -0.05) is 110 Å². The van der Waals surface area contributed by atoms with Gasteiger partial charge in [0, 0.05) is 49.5 Å². The van der Waals surface area contributed by atoms with Gasteiger partial charge in [0.05, 0.1) is 30.2 Å². The van der Waals surface area contributed by atoms with Crippen LogP contribution >= 0.6 is 11.8 Å². The Morgan fingerprint density at radius 2 is 1.46 bits per heavy atom. The molecule has 3 unspecified atom stereocenters. The van der Waals surface area contributed by atoms with Crippen molar-refractivity contribution in [3.63, 3.8) is 0 Å². The van der Waals surface area contributed by atoms with Crippen LogP contribution < -0.4 is 16.4 Å². The number of nitrogen functional groups attached to an aromatic ring is 1. The van der Waals surface area contributed by atoms with Gasteiger partial charge in [-0.2, -0.15) is 0 Å². The lowest BCUT2D eigenvalue weighted by Gasteiger charge is -2.36. The number of ether oxygens (including phenoxy) is 2. The van der Waals surface area contributed by atoms with E-state index < -0.39 is 6.29 Å². The van der Waals surface area contributed by atoms with Crippen molar-refractivity contribution < 1.29 is 24.2 Å². The molecule has 5 aromatic rings. The molecule has 1 aliphatic rings. The molecule has 1 saturated heterocycles. The summed E-state index contributed by atoms with van der Waals surface area (Å²) in [5.41, 5.74) is 13.0. The summed E-state index contributed by atoms with van der Waals surface area (Å²) in [7, 11) is 0. The Morgan fingerprint density at radius 3 is 2.20 bits per heavy atom. The zero-order valence-corrected chi connectivity index (χ0v) is 31.0. The van der Waals surface area contributed by atoms with E-state index in [2.05, 4.69) is 38.8 Å². The van der Waals surface area contributed by atoms with Gasteiger partial charge in [0.25, 0.3) is 0 Å². The van der Waals surface area contributed by atoms with E-state index in [1.807, 2.05) is 66.7 Å². The summed E-state index contributed by atoms with van der Waals surface area (Å²) >= 11 is 1.56. The van der Waals surface area contributed by atoms with Crippen molar-refractivity contribution in [1.82, 2.24) is 15.3 Å². The molecule has 2 amide bonds. The van der Waals surface area contributed by atoms with E-state index in [0.717, 1.165) is 59.1 Å². The van der Waals surface area contributed by atoms with Crippen molar-refractivity contribution in [3.05, 3.63) is 138 Å². The second-order valence-corrected chi connectivity index (χ2v) is 14.3. The Hall–Kier alpha value is -5.07. The summed E-state index contributed by atoms with van der Waals surface area (Å²) in [5.74, 6) is 0.635. The van der Waals surface area contributed by atoms with Crippen molar-refractivity contribution in [1.29, 1.82) is 0 Å². The average Bonchev–Trinajstić information content (AvgIpc) is 3.22. The molecule has 5 N–H and O–H groups in total. The first-order chi connectivity index (χ1) is 26.4. The number of thioether (sulfide) groups is 1. The number of nitrogens with two attached hydrogens (primary N) is 1. The molecule has 10 nitrogen and oxygen atoms in total. The quantitative estimate of drug-likeness (QED) is 0.0320. The number of benzene rings is 4. The first kappa shape index (κ1) is 38.6. The maximum absolute atomic E-state index is 12.7. The van der Waals surface area contributed by atoms with Gasteiger partial charge in [-0.3, -0.25) is 9.59 Å². The average molecular weight is 746 g/mol. The largest absolute Gasteiger partial charge is 0.397 e. The lowest BCUT2D eigenvalue weighted by atomic mass is 9.97. The minimum Gasteiger partial charge on any atom is -0.397 e. The Bertz CT molecular complexity index is 1940. The zero-order valence-electron chi connectivity index (χ0n) is 30.2. The van der Waals surface area contributed by atoms with Crippen molar-refractivity contribution in [3.8, 4) is 11.1 Å². The van der Waals surface area contributed by atoms with Crippen LogP contribution in [0.3, 0.4) is 0 Å². The number of carbonyl (C=O) groups excluding carboxylic acids is 2. The molecule has 4 aromatic carbocycles. The number of anilines is 2. The van der Waals surface area contributed by atoms with Gasteiger partial charge < -0.3 is 30.9 Å². The van der Waals surface area contributed by atoms with Crippen LogP contribution in [0.4, 0.5) is 11.4 Å². The van der Waals surface area contributed by atoms with Gasteiger partial charge in [-0.15, -0.1) is 0 Å². The van der Waals surface area contributed by atoms with Crippen molar-refractivity contribution in [2.24, 2.45) is 0 Å². The third-order valence-electron chi connectivity index (χ3n) is 9.34.